The van der Waals surface area contributed by atoms with Crippen LogP contribution in [-0.4, -0.2) is 22.1 Å². The van der Waals surface area contributed by atoms with Crippen LogP contribution in [-0.2, 0) is 19.4 Å². The van der Waals surface area contributed by atoms with E-state index in [0.717, 1.165) is 35.5 Å². The average Bonchev–Trinajstić information content (AvgIpc) is 3.49. The Balaban J connectivity index is 1.46. The van der Waals surface area contributed by atoms with Crippen molar-refractivity contribution in [2.75, 3.05) is 11.9 Å². The molecule has 1 aliphatic heterocycles. The lowest BCUT2D eigenvalue weighted by Crippen LogP contribution is -2.38. The lowest BCUT2D eigenvalue weighted by atomic mass is 9.95. The third-order valence-corrected chi connectivity index (χ3v) is 9.04. The summed E-state index contributed by atoms with van der Waals surface area (Å²) < 4.78 is 8.03. The van der Waals surface area contributed by atoms with E-state index in [-0.39, 0.29) is 12.1 Å². The van der Waals surface area contributed by atoms with E-state index in [1.807, 2.05) is 41.4 Å². The van der Waals surface area contributed by atoms with Gasteiger partial charge in [0, 0.05) is 22.3 Å². The number of urea groups is 1. The molecule has 0 saturated carbocycles. The molecule has 0 radical (unpaired) electrons. The molecule has 190 valence electrons. The van der Waals surface area contributed by atoms with Crippen molar-refractivity contribution in [2.45, 2.75) is 59.0 Å². The average molecular weight is 512 g/mol. The Morgan fingerprint density at radius 2 is 1.84 bits per heavy atom. The fourth-order valence-electron chi connectivity index (χ4n) is 5.66. The second kappa shape index (κ2) is 9.75. The van der Waals surface area contributed by atoms with Gasteiger partial charge in [0.25, 0.3) is 0 Å². The SMILES string of the molecule is CCOc1ccc([C@@H]2c3cccn3-c3sc4c(c3CN2C(=O)Nc2ccc(C)c(C)c2)CCCC4)cc1. The van der Waals surface area contributed by atoms with Crippen molar-refractivity contribution in [2.24, 2.45) is 0 Å². The van der Waals surface area contributed by atoms with Crippen molar-refractivity contribution in [3.8, 4) is 10.8 Å². The number of benzene rings is 2. The number of aryl methyl sites for hydroxylation is 3. The molecule has 2 amide bonds. The Labute approximate surface area is 222 Å². The normalized spacial score (nSPS) is 16.4. The molecule has 2 aliphatic rings. The first-order valence-corrected chi connectivity index (χ1v) is 14.0. The van der Waals surface area contributed by atoms with Gasteiger partial charge >= 0.3 is 6.03 Å². The molecule has 0 unspecified atom stereocenters. The quantitative estimate of drug-likeness (QED) is 0.307. The molecule has 4 aromatic rings. The van der Waals surface area contributed by atoms with Crippen LogP contribution in [0.15, 0.2) is 60.8 Å². The molecule has 2 aromatic heterocycles. The van der Waals surface area contributed by atoms with Crippen LogP contribution in [0.25, 0.3) is 5.00 Å². The van der Waals surface area contributed by atoms with Crippen molar-refractivity contribution in [3.63, 3.8) is 0 Å². The van der Waals surface area contributed by atoms with E-state index >= 15 is 0 Å². The molecule has 2 aromatic carbocycles. The number of fused-ring (bicyclic) bond motifs is 5. The summed E-state index contributed by atoms with van der Waals surface area (Å²) >= 11 is 1.91. The molecular weight excluding hydrogens is 478 g/mol. The molecule has 1 aliphatic carbocycles. The predicted octanol–water partition coefficient (Wildman–Crippen LogP) is 7.57. The van der Waals surface area contributed by atoms with Gasteiger partial charge in [-0.25, -0.2) is 4.79 Å². The summed E-state index contributed by atoms with van der Waals surface area (Å²) in [5.41, 5.74) is 8.15. The maximum absolute atomic E-state index is 14.1. The number of rotatable bonds is 4. The standard InChI is InChI=1S/C31H33N3O2S/c1-4-36-24-15-12-22(13-16-24)29-27-9-7-17-33(27)30-26(25-8-5-6-10-28(25)37-30)19-34(29)31(35)32-23-14-11-20(2)21(3)18-23/h7,9,11-18,29H,4-6,8,10,19H2,1-3H3,(H,32,35)/t29-/m1/s1. The predicted molar refractivity (Wildman–Crippen MR) is 150 cm³/mol. The van der Waals surface area contributed by atoms with E-state index in [9.17, 15) is 4.79 Å². The molecule has 37 heavy (non-hydrogen) atoms. The van der Waals surface area contributed by atoms with Crippen molar-refractivity contribution >= 4 is 23.1 Å². The van der Waals surface area contributed by atoms with Crippen LogP contribution in [0.2, 0.25) is 0 Å². The van der Waals surface area contributed by atoms with E-state index in [4.69, 9.17) is 4.74 Å². The molecule has 0 spiro atoms. The summed E-state index contributed by atoms with van der Waals surface area (Å²) in [7, 11) is 0. The van der Waals surface area contributed by atoms with Gasteiger partial charge in [-0.3, -0.25) is 0 Å². The van der Waals surface area contributed by atoms with Crippen molar-refractivity contribution < 1.29 is 9.53 Å². The van der Waals surface area contributed by atoms with Crippen LogP contribution in [0.4, 0.5) is 10.5 Å². The summed E-state index contributed by atoms with van der Waals surface area (Å²) in [4.78, 5) is 17.6. The maximum atomic E-state index is 14.1. The van der Waals surface area contributed by atoms with Crippen LogP contribution in [0.5, 0.6) is 5.75 Å². The number of anilines is 1. The Bertz CT molecular complexity index is 1450. The third kappa shape index (κ3) is 4.33. The number of carbonyl (C=O) groups is 1. The van der Waals surface area contributed by atoms with E-state index in [1.54, 1.807) is 0 Å². The molecule has 0 fully saturated rings. The Morgan fingerprint density at radius 1 is 1.03 bits per heavy atom. The highest BCUT2D eigenvalue weighted by Gasteiger charge is 2.36. The first kappa shape index (κ1) is 23.9. The number of hydrogen-bond donors (Lipinski definition) is 1. The van der Waals surface area contributed by atoms with Crippen molar-refractivity contribution in [1.29, 1.82) is 0 Å². The molecule has 1 N–H and O–H groups in total. The van der Waals surface area contributed by atoms with Gasteiger partial charge in [0.05, 0.1) is 24.9 Å². The number of nitrogens with one attached hydrogen (secondary N) is 1. The fraction of sp³-hybridized carbons (Fsp3) is 0.323. The Kier molecular flexibility index (Phi) is 6.29. The molecule has 0 saturated heterocycles. The largest absolute Gasteiger partial charge is 0.494 e. The van der Waals surface area contributed by atoms with Gasteiger partial charge in [0.15, 0.2) is 0 Å². The minimum Gasteiger partial charge on any atom is -0.494 e. The second-order valence-corrected chi connectivity index (χ2v) is 11.1. The summed E-state index contributed by atoms with van der Waals surface area (Å²) in [6.07, 6.45) is 6.85. The van der Waals surface area contributed by atoms with Crippen LogP contribution in [0.3, 0.4) is 0 Å². The smallest absolute Gasteiger partial charge is 0.322 e. The second-order valence-electron chi connectivity index (χ2n) is 10.1. The highest BCUT2D eigenvalue weighted by atomic mass is 32.1. The number of carbonyl (C=O) groups excluding carboxylic acids is 1. The highest BCUT2D eigenvalue weighted by Crippen LogP contribution is 2.44. The fourth-order valence-corrected chi connectivity index (χ4v) is 7.07. The third-order valence-electron chi connectivity index (χ3n) is 7.70. The Morgan fingerprint density at radius 3 is 2.62 bits per heavy atom. The topological polar surface area (TPSA) is 46.5 Å². The summed E-state index contributed by atoms with van der Waals surface area (Å²) in [5.74, 6) is 0.842. The number of nitrogens with zero attached hydrogens (tertiary/aromatic N) is 2. The molecule has 3 heterocycles. The highest BCUT2D eigenvalue weighted by molar-refractivity contribution is 7.15. The molecular formula is C31H33N3O2S. The van der Waals surface area contributed by atoms with Gasteiger partial charge in [0.2, 0.25) is 0 Å². The van der Waals surface area contributed by atoms with Crippen molar-refractivity contribution in [1.82, 2.24) is 9.47 Å². The van der Waals surface area contributed by atoms with Gasteiger partial charge in [-0.2, -0.15) is 0 Å². The zero-order chi connectivity index (χ0) is 25.5. The summed E-state index contributed by atoms with van der Waals surface area (Å²) in [5, 5.41) is 4.49. The minimum atomic E-state index is -0.226. The minimum absolute atomic E-state index is 0.0847. The van der Waals surface area contributed by atoms with Crippen LogP contribution >= 0.6 is 11.3 Å². The lowest BCUT2D eigenvalue weighted by Gasteiger charge is -2.31. The van der Waals surface area contributed by atoms with E-state index in [2.05, 4.69) is 66.3 Å². The lowest BCUT2D eigenvalue weighted by molar-refractivity contribution is 0.194. The first-order chi connectivity index (χ1) is 18.0. The molecule has 6 heteroatoms. The molecule has 0 bridgehead atoms. The van der Waals surface area contributed by atoms with Gasteiger partial charge in [0.1, 0.15) is 10.8 Å². The zero-order valence-electron chi connectivity index (χ0n) is 21.7. The van der Waals surface area contributed by atoms with Crippen LogP contribution in [0.1, 0.15) is 64.2 Å². The van der Waals surface area contributed by atoms with Crippen LogP contribution in [0, 0.1) is 13.8 Å². The van der Waals surface area contributed by atoms with Crippen LogP contribution < -0.4 is 10.1 Å². The maximum Gasteiger partial charge on any atom is 0.322 e. The number of ether oxygens (including phenoxy) is 1. The van der Waals surface area contributed by atoms with Gasteiger partial charge in [-0.15, -0.1) is 11.3 Å². The molecule has 6 rings (SSSR count). The zero-order valence-corrected chi connectivity index (χ0v) is 22.5. The van der Waals surface area contributed by atoms with E-state index in [1.165, 1.54) is 45.0 Å². The number of amides is 2. The first-order valence-electron chi connectivity index (χ1n) is 13.2. The monoisotopic (exact) mass is 511 g/mol. The molecule has 5 nitrogen and oxygen atoms in total. The van der Waals surface area contributed by atoms with Gasteiger partial charge in [-0.05, 0) is 105 Å². The number of aromatic nitrogens is 1. The Hall–Kier alpha value is -3.51. The van der Waals surface area contributed by atoms with E-state index in [0.29, 0.717) is 13.2 Å². The van der Waals surface area contributed by atoms with E-state index < -0.39 is 0 Å². The van der Waals surface area contributed by atoms with Gasteiger partial charge < -0.3 is 19.5 Å². The summed E-state index contributed by atoms with van der Waals surface area (Å²) in [6.45, 7) is 7.37. The van der Waals surface area contributed by atoms with Crippen molar-refractivity contribution in [3.05, 3.63) is 99.2 Å². The number of thiophene rings is 1. The summed E-state index contributed by atoms with van der Waals surface area (Å²) in [6, 6.07) is 18.3. The number of hydrogen-bond acceptors (Lipinski definition) is 3. The van der Waals surface area contributed by atoms with Gasteiger partial charge in [-0.1, -0.05) is 18.2 Å². The molecule has 1 atom stereocenters.